The van der Waals surface area contributed by atoms with Gasteiger partial charge in [-0.3, -0.25) is 9.55 Å². The Morgan fingerprint density at radius 2 is 1.96 bits per heavy atom. The van der Waals surface area contributed by atoms with Crippen molar-refractivity contribution in [1.29, 1.82) is 0 Å². The highest BCUT2D eigenvalue weighted by Gasteiger charge is 2.17. The monoisotopic (exact) mass is 339 g/mol. The van der Waals surface area contributed by atoms with Crippen LogP contribution in [0.5, 0.6) is 0 Å². The molecule has 0 bridgehead atoms. The van der Waals surface area contributed by atoms with Crippen LogP contribution >= 0.6 is 11.6 Å². The molecule has 0 radical (unpaired) electrons. The number of rotatable bonds is 2. The molecule has 24 heavy (non-hydrogen) atoms. The second-order valence-electron chi connectivity index (χ2n) is 5.20. The molecule has 4 aromatic rings. The van der Waals surface area contributed by atoms with E-state index in [1.165, 1.54) is 6.07 Å². The SMILES string of the molecule is Nc1ccc(-c2nc3ccncc3n2-c2ccc(Cl)cc2F)cn1. The number of pyridine rings is 2. The molecular formula is C17H11ClFN5. The van der Waals surface area contributed by atoms with E-state index in [2.05, 4.69) is 15.0 Å². The van der Waals surface area contributed by atoms with E-state index in [0.717, 1.165) is 5.56 Å². The highest BCUT2D eigenvalue weighted by molar-refractivity contribution is 6.30. The number of hydrogen-bond acceptors (Lipinski definition) is 4. The molecule has 0 aliphatic heterocycles. The van der Waals surface area contributed by atoms with Gasteiger partial charge in [-0.1, -0.05) is 11.6 Å². The number of halogens is 2. The van der Waals surface area contributed by atoms with Crippen LogP contribution in [-0.4, -0.2) is 19.5 Å². The maximum Gasteiger partial charge on any atom is 0.148 e. The predicted octanol–water partition coefficient (Wildman–Crippen LogP) is 3.86. The molecule has 0 atom stereocenters. The summed E-state index contributed by atoms with van der Waals surface area (Å²) in [5.74, 6) is 0.503. The van der Waals surface area contributed by atoms with Gasteiger partial charge in [0.15, 0.2) is 0 Å². The molecule has 0 aliphatic carbocycles. The highest BCUT2D eigenvalue weighted by atomic mass is 35.5. The standard InChI is InChI=1S/C17H11ClFN5/c18-11-2-3-14(12(19)7-11)24-15-9-21-6-5-13(15)23-17(24)10-1-4-16(20)22-8-10/h1-9H,(H2,20,22). The molecule has 1 aromatic carbocycles. The van der Waals surface area contributed by atoms with Crippen LogP contribution in [0.3, 0.4) is 0 Å². The van der Waals surface area contributed by atoms with Crippen molar-refractivity contribution in [3.05, 3.63) is 65.8 Å². The Kier molecular flexibility index (Phi) is 3.39. The fraction of sp³-hybridized carbons (Fsp3) is 0. The fourth-order valence-electron chi connectivity index (χ4n) is 2.56. The van der Waals surface area contributed by atoms with Crippen molar-refractivity contribution < 1.29 is 4.39 Å². The van der Waals surface area contributed by atoms with Crippen molar-refractivity contribution in [3.63, 3.8) is 0 Å². The maximum absolute atomic E-state index is 14.5. The van der Waals surface area contributed by atoms with E-state index < -0.39 is 5.82 Å². The van der Waals surface area contributed by atoms with E-state index in [9.17, 15) is 4.39 Å². The van der Waals surface area contributed by atoms with Crippen molar-refractivity contribution in [2.75, 3.05) is 5.73 Å². The normalized spacial score (nSPS) is 11.1. The van der Waals surface area contributed by atoms with Gasteiger partial charge in [0.2, 0.25) is 0 Å². The van der Waals surface area contributed by atoms with E-state index in [0.29, 0.717) is 33.4 Å². The highest BCUT2D eigenvalue weighted by Crippen LogP contribution is 2.30. The first-order valence-corrected chi connectivity index (χ1v) is 7.51. The molecule has 7 heteroatoms. The summed E-state index contributed by atoms with van der Waals surface area (Å²) >= 11 is 5.87. The Morgan fingerprint density at radius 1 is 1.08 bits per heavy atom. The molecule has 0 spiro atoms. The molecular weight excluding hydrogens is 329 g/mol. The molecule has 5 nitrogen and oxygen atoms in total. The molecule has 3 aromatic heterocycles. The minimum Gasteiger partial charge on any atom is -0.384 e. The summed E-state index contributed by atoms with van der Waals surface area (Å²) in [6.07, 6.45) is 4.89. The average molecular weight is 340 g/mol. The van der Waals surface area contributed by atoms with Crippen LogP contribution in [0, 0.1) is 5.82 Å². The number of nitrogens with zero attached hydrogens (tertiary/aromatic N) is 4. The zero-order valence-electron chi connectivity index (χ0n) is 12.3. The van der Waals surface area contributed by atoms with E-state index in [1.807, 2.05) is 0 Å². The molecule has 0 fully saturated rings. The number of nitrogens with two attached hydrogens (primary N) is 1. The third kappa shape index (κ3) is 2.37. The van der Waals surface area contributed by atoms with E-state index in [1.54, 1.807) is 53.5 Å². The number of imidazole rings is 1. The number of fused-ring (bicyclic) bond motifs is 1. The largest absolute Gasteiger partial charge is 0.384 e. The predicted molar refractivity (Wildman–Crippen MR) is 91.5 cm³/mol. The average Bonchev–Trinajstić information content (AvgIpc) is 2.95. The molecule has 3 heterocycles. The number of aromatic nitrogens is 4. The molecule has 0 aliphatic rings. The van der Waals surface area contributed by atoms with Gasteiger partial charge in [0.25, 0.3) is 0 Å². The third-order valence-corrected chi connectivity index (χ3v) is 3.89. The third-order valence-electron chi connectivity index (χ3n) is 3.65. The topological polar surface area (TPSA) is 69.6 Å². The lowest BCUT2D eigenvalue weighted by molar-refractivity contribution is 0.620. The number of nitrogen functional groups attached to an aromatic ring is 1. The van der Waals surface area contributed by atoms with Gasteiger partial charge in [0.05, 0.1) is 22.9 Å². The Hall–Kier alpha value is -2.99. The summed E-state index contributed by atoms with van der Waals surface area (Å²) in [7, 11) is 0. The van der Waals surface area contributed by atoms with Crippen LogP contribution in [0.2, 0.25) is 5.02 Å². The van der Waals surface area contributed by atoms with Crippen molar-refractivity contribution in [2.24, 2.45) is 0 Å². The molecule has 2 N–H and O–H groups in total. The van der Waals surface area contributed by atoms with Gasteiger partial charge in [-0.25, -0.2) is 14.4 Å². The van der Waals surface area contributed by atoms with Gasteiger partial charge < -0.3 is 5.73 Å². The first kappa shape index (κ1) is 14.6. The van der Waals surface area contributed by atoms with Crippen molar-refractivity contribution in [3.8, 4) is 17.1 Å². The number of anilines is 1. The minimum atomic E-state index is -0.449. The quantitative estimate of drug-likeness (QED) is 0.602. The molecule has 0 unspecified atom stereocenters. The summed E-state index contributed by atoms with van der Waals surface area (Å²) in [4.78, 5) is 12.8. The lowest BCUT2D eigenvalue weighted by Crippen LogP contribution is -2.01. The fourth-order valence-corrected chi connectivity index (χ4v) is 2.72. The second kappa shape index (κ2) is 5.58. The summed E-state index contributed by atoms with van der Waals surface area (Å²) < 4.78 is 16.2. The summed E-state index contributed by atoms with van der Waals surface area (Å²) in [6.45, 7) is 0. The van der Waals surface area contributed by atoms with Crippen LogP contribution < -0.4 is 5.73 Å². The van der Waals surface area contributed by atoms with Gasteiger partial charge in [0.1, 0.15) is 17.5 Å². The smallest absolute Gasteiger partial charge is 0.148 e. The Bertz CT molecular complexity index is 1040. The van der Waals surface area contributed by atoms with Crippen LogP contribution in [0.15, 0.2) is 55.0 Å². The van der Waals surface area contributed by atoms with E-state index in [4.69, 9.17) is 17.3 Å². The molecule has 0 saturated heterocycles. The lowest BCUT2D eigenvalue weighted by atomic mass is 10.2. The second-order valence-corrected chi connectivity index (χ2v) is 5.64. The molecule has 0 saturated carbocycles. The van der Waals surface area contributed by atoms with Gasteiger partial charge in [-0.05, 0) is 36.4 Å². The molecule has 0 amide bonds. The van der Waals surface area contributed by atoms with Crippen LogP contribution in [-0.2, 0) is 0 Å². The Labute approximate surface area is 141 Å². The number of benzene rings is 1. The number of hydrogen-bond donors (Lipinski definition) is 1. The van der Waals surface area contributed by atoms with Crippen molar-refractivity contribution in [2.45, 2.75) is 0 Å². The minimum absolute atomic E-state index is 0.328. The Morgan fingerprint density at radius 3 is 2.71 bits per heavy atom. The van der Waals surface area contributed by atoms with E-state index in [-0.39, 0.29) is 0 Å². The van der Waals surface area contributed by atoms with Crippen LogP contribution in [0.25, 0.3) is 28.1 Å². The first-order chi connectivity index (χ1) is 11.6. The lowest BCUT2D eigenvalue weighted by Gasteiger charge is -2.10. The van der Waals surface area contributed by atoms with Crippen LogP contribution in [0.1, 0.15) is 0 Å². The summed E-state index contributed by atoms with van der Waals surface area (Å²) in [5.41, 5.74) is 8.08. The van der Waals surface area contributed by atoms with Crippen molar-refractivity contribution >= 4 is 28.5 Å². The maximum atomic E-state index is 14.5. The molecule has 118 valence electrons. The summed E-state index contributed by atoms with van der Waals surface area (Å²) in [5, 5.41) is 0.328. The zero-order chi connectivity index (χ0) is 16.7. The van der Waals surface area contributed by atoms with E-state index >= 15 is 0 Å². The van der Waals surface area contributed by atoms with Gasteiger partial charge in [0, 0.05) is 23.0 Å². The van der Waals surface area contributed by atoms with Gasteiger partial charge in [-0.15, -0.1) is 0 Å². The van der Waals surface area contributed by atoms with Gasteiger partial charge >= 0.3 is 0 Å². The molecule has 4 rings (SSSR count). The Balaban J connectivity index is 2.05. The van der Waals surface area contributed by atoms with Crippen molar-refractivity contribution in [1.82, 2.24) is 19.5 Å². The summed E-state index contributed by atoms with van der Waals surface area (Å²) in [6, 6.07) is 9.75. The zero-order valence-corrected chi connectivity index (χ0v) is 13.1. The van der Waals surface area contributed by atoms with Gasteiger partial charge in [-0.2, -0.15) is 0 Å². The van der Waals surface area contributed by atoms with Crippen LogP contribution in [0.4, 0.5) is 10.2 Å². The first-order valence-electron chi connectivity index (χ1n) is 7.13.